The van der Waals surface area contributed by atoms with Gasteiger partial charge in [0.2, 0.25) is 0 Å². The minimum absolute atomic E-state index is 0.00615. The minimum Gasteiger partial charge on any atom is -0.490 e. The monoisotopic (exact) mass is 575 g/mol. The molecule has 10 heteroatoms. The second kappa shape index (κ2) is 11.2. The highest BCUT2D eigenvalue weighted by atomic mass is 79.9. The van der Waals surface area contributed by atoms with Crippen molar-refractivity contribution in [2.24, 2.45) is 0 Å². The van der Waals surface area contributed by atoms with Crippen LogP contribution in [0.15, 0.2) is 70.0 Å². The van der Waals surface area contributed by atoms with Gasteiger partial charge in [0, 0.05) is 16.9 Å². The van der Waals surface area contributed by atoms with Gasteiger partial charge in [-0.1, -0.05) is 6.07 Å². The number of carbonyl (C=O) groups is 1. The summed E-state index contributed by atoms with van der Waals surface area (Å²) in [4.78, 5) is 12.7. The predicted molar refractivity (Wildman–Crippen MR) is 147 cm³/mol. The predicted octanol–water partition coefficient (Wildman–Crippen LogP) is 5.78. The van der Waals surface area contributed by atoms with Crippen LogP contribution in [0.3, 0.4) is 0 Å². The molecule has 0 atom stereocenters. The number of hydrogen-bond donors (Lipinski definition) is 3. The summed E-state index contributed by atoms with van der Waals surface area (Å²) in [5, 5.41) is 5.58. The number of amides is 1. The van der Waals surface area contributed by atoms with E-state index in [1.165, 1.54) is 12.1 Å². The van der Waals surface area contributed by atoms with Gasteiger partial charge in [0.15, 0.2) is 5.11 Å². The quantitative estimate of drug-likeness (QED) is 0.309. The highest BCUT2D eigenvalue weighted by Gasteiger charge is 2.15. The molecule has 0 spiro atoms. The lowest BCUT2D eigenvalue weighted by molar-refractivity contribution is 0.0977. The van der Waals surface area contributed by atoms with Crippen LogP contribution >= 0.6 is 28.1 Å². The fraction of sp³-hybridized carbons (Fsp3) is 0.200. The van der Waals surface area contributed by atoms with Gasteiger partial charge in [-0.2, -0.15) is 0 Å². The normalized spacial score (nSPS) is 11.1. The number of nitrogens with one attached hydrogen (secondary N) is 3. The molecule has 3 aromatic carbocycles. The van der Waals surface area contributed by atoms with Crippen LogP contribution in [0, 0.1) is 13.8 Å². The standard InChI is InChI=1S/C25H26BrN3O4S2/c1-15(2)33-23-10-5-18(14-22(23)26)24(30)28-25(34)27-19-6-8-21(9-7-19)35(31,32)29-20-12-16(3)11-17(4)13-20/h5-15,29H,1-4H3,(H2,27,28,30,34). The summed E-state index contributed by atoms with van der Waals surface area (Å²) in [5.74, 6) is 0.246. The molecule has 1 amide bonds. The van der Waals surface area contributed by atoms with Gasteiger partial charge in [0.25, 0.3) is 15.9 Å². The molecule has 3 N–H and O–H groups in total. The van der Waals surface area contributed by atoms with Crippen molar-refractivity contribution < 1.29 is 17.9 Å². The molecule has 0 radical (unpaired) electrons. The van der Waals surface area contributed by atoms with E-state index in [1.54, 1.807) is 42.5 Å². The molecule has 0 aliphatic rings. The second-order valence-electron chi connectivity index (χ2n) is 8.23. The fourth-order valence-corrected chi connectivity index (χ4v) is 5.02. The Morgan fingerprint density at radius 3 is 2.14 bits per heavy atom. The summed E-state index contributed by atoms with van der Waals surface area (Å²) < 4.78 is 34.4. The molecule has 7 nitrogen and oxygen atoms in total. The van der Waals surface area contributed by atoms with Gasteiger partial charge in [-0.15, -0.1) is 0 Å². The van der Waals surface area contributed by atoms with Gasteiger partial charge in [0.05, 0.1) is 15.5 Å². The van der Waals surface area contributed by atoms with E-state index in [9.17, 15) is 13.2 Å². The van der Waals surface area contributed by atoms with Gasteiger partial charge in [-0.25, -0.2) is 8.42 Å². The average molecular weight is 577 g/mol. The number of ether oxygens (including phenoxy) is 1. The summed E-state index contributed by atoms with van der Waals surface area (Å²) in [6, 6.07) is 16.6. The molecule has 0 aliphatic carbocycles. The van der Waals surface area contributed by atoms with Crippen molar-refractivity contribution in [3.05, 3.63) is 81.8 Å². The molecule has 0 saturated heterocycles. The van der Waals surface area contributed by atoms with Gasteiger partial charge in [-0.05, 0) is 122 Å². The maximum Gasteiger partial charge on any atom is 0.261 e. The SMILES string of the molecule is Cc1cc(C)cc(NS(=O)(=O)c2ccc(NC(=S)NC(=O)c3ccc(OC(C)C)c(Br)c3)cc2)c1. The molecule has 184 valence electrons. The van der Waals surface area contributed by atoms with E-state index in [0.717, 1.165) is 11.1 Å². The molecular formula is C25H26BrN3O4S2. The topological polar surface area (TPSA) is 96.5 Å². The van der Waals surface area contributed by atoms with Gasteiger partial charge < -0.3 is 10.1 Å². The molecule has 0 aliphatic heterocycles. The highest BCUT2D eigenvalue weighted by Crippen LogP contribution is 2.27. The van der Waals surface area contributed by atoms with Crippen LogP contribution in [0.5, 0.6) is 5.75 Å². The summed E-state index contributed by atoms with van der Waals surface area (Å²) in [6.07, 6.45) is 0.00615. The zero-order valence-corrected chi connectivity index (χ0v) is 22.9. The summed E-state index contributed by atoms with van der Waals surface area (Å²) in [5.41, 5.74) is 3.36. The second-order valence-corrected chi connectivity index (χ2v) is 11.2. The maximum atomic E-state index is 12.7. The first kappa shape index (κ1) is 26.7. The first-order valence-electron chi connectivity index (χ1n) is 10.7. The maximum absolute atomic E-state index is 12.7. The number of sulfonamides is 1. The molecular weight excluding hydrogens is 550 g/mol. The Morgan fingerprint density at radius 2 is 1.57 bits per heavy atom. The van der Waals surface area contributed by atoms with E-state index in [2.05, 4.69) is 31.3 Å². The summed E-state index contributed by atoms with van der Waals surface area (Å²) in [6.45, 7) is 7.64. The minimum atomic E-state index is -3.76. The van der Waals surface area contributed by atoms with Crippen molar-refractivity contribution in [1.29, 1.82) is 0 Å². The van der Waals surface area contributed by atoms with Crippen LogP contribution in [0.2, 0.25) is 0 Å². The van der Waals surface area contributed by atoms with Crippen molar-refractivity contribution in [3.8, 4) is 5.75 Å². The van der Waals surface area contributed by atoms with Crippen LogP contribution in [-0.4, -0.2) is 25.5 Å². The van der Waals surface area contributed by atoms with Crippen LogP contribution in [0.25, 0.3) is 0 Å². The lowest BCUT2D eigenvalue weighted by Gasteiger charge is -2.13. The molecule has 0 fully saturated rings. The summed E-state index contributed by atoms with van der Waals surface area (Å²) >= 11 is 8.64. The number of rotatable bonds is 7. The van der Waals surface area contributed by atoms with Crippen molar-refractivity contribution in [1.82, 2.24) is 5.32 Å². The van der Waals surface area contributed by atoms with Crippen LogP contribution in [0.1, 0.15) is 35.3 Å². The molecule has 3 aromatic rings. The Hall–Kier alpha value is -2.95. The number of aryl methyl sites for hydroxylation is 2. The molecule has 0 saturated carbocycles. The molecule has 0 heterocycles. The third-order valence-electron chi connectivity index (χ3n) is 4.68. The smallest absolute Gasteiger partial charge is 0.261 e. The number of benzene rings is 3. The number of anilines is 2. The van der Waals surface area contributed by atoms with Crippen LogP contribution in [0.4, 0.5) is 11.4 Å². The van der Waals surface area contributed by atoms with E-state index < -0.39 is 15.9 Å². The Labute approximate surface area is 219 Å². The van der Waals surface area contributed by atoms with Gasteiger partial charge >= 0.3 is 0 Å². The summed E-state index contributed by atoms with van der Waals surface area (Å²) in [7, 11) is -3.76. The average Bonchev–Trinajstić information content (AvgIpc) is 2.74. The van der Waals surface area contributed by atoms with Crippen molar-refractivity contribution in [3.63, 3.8) is 0 Å². The fourth-order valence-electron chi connectivity index (χ4n) is 3.29. The first-order chi connectivity index (χ1) is 16.4. The van der Waals surface area contributed by atoms with Crippen LogP contribution in [-0.2, 0) is 10.0 Å². The Morgan fingerprint density at radius 1 is 0.943 bits per heavy atom. The Kier molecular flexibility index (Phi) is 8.52. The van der Waals surface area contributed by atoms with E-state index in [1.807, 2.05) is 33.8 Å². The zero-order valence-electron chi connectivity index (χ0n) is 19.7. The van der Waals surface area contributed by atoms with Gasteiger partial charge in [0.1, 0.15) is 5.75 Å². The molecule has 0 aromatic heterocycles. The van der Waals surface area contributed by atoms with E-state index in [-0.39, 0.29) is 16.1 Å². The third-order valence-corrected chi connectivity index (χ3v) is 6.90. The Balaban J connectivity index is 1.62. The van der Waals surface area contributed by atoms with Crippen molar-refractivity contribution >= 4 is 60.6 Å². The number of carbonyl (C=O) groups excluding carboxylic acids is 1. The molecule has 0 bridgehead atoms. The van der Waals surface area contributed by atoms with Crippen molar-refractivity contribution in [2.75, 3.05) is 10.0 Å². The van der Waals surface area contributed by atoms with Crippen LogP contribution < -0.4 is 20.1 Å². The van der Waals surface area contributed by atoms with Gasteiger partial charge in [-0.3, -0.25) is 14.8 Å². The lowest BCUT2D eigenvalue weighted by Crippen LogP contribution is -2.34. The number of halogens is 1. The molecule has 35 heavy (non-hydrogen) atoms. The third kappa shape index (κ3) is 7.51. The molecule has 3 rings (SSSR count). The number of thiocarbonyl (C=S) groups is 1. The van der Waals surface area contributed by atoms with E-state index in [0.29, 0.717) is 27.2 Å². The first-order valence-corrected chi connectivity index (χ1v) is 13.4. The largest absolute Gasteiger partial charge is 0.490 e. The van der Waals surface area contributed by atoms with Crippen molar-refractivity contribution in [2.45, 2.75) is 38.7 Å². The lowest BCUT2D eigenvalue weighted by atomic mass is 10.1. The zero-order chi connectivity index (χ0) is 25.8. The highest BCUT2D eigenvalue weighted by molar-refractivity contribution is 9.10. The van der Waals surface area contributed by atoms with E-state index in [4.69, 9.17) is 17.0 Å². The van der Waals surface area contributed by atoms with E-state index >= 15 is 0 Å². The Bertz CT molecular complexity index is 1340. The number of hydrogen-bond acceptors (Lipinski definition) is 5. The molecule has 0 unspecified atom stereocenters.